The molecule has 2 heterocycles. The standard InChI is InChI=1S/C15H12BrNO6S/c1-7(14(19)21-2)17-13(18)12(24-15(17)20)4-8-3-10-11(5-9(8)16)23-6-22-10/h3-5,7H,6H2,1-2H3/b12-4-. The number of rotatable bonds is 3. The molecule has 0 spiro atoms. The lowest BCUT2D eigenvalue weighted by atomic mass is 10.2. The summed E-state index contributed by atoms with van der Waals surface area (Å²) in [6.07, 6.45) is 1.57. The number of benzene rings is 1. The van der Waals surface area contributed by atoms with Crippen molar-refractivity contribution in [3.05, 3.63) is 27.1 Å². The summed E-state index contributed by atoms with van der Waals surface area (Å²) < 4.78 is 15.9. The number of esters is 1. The highest BCUT2D eigenvalue weighted by Gasteiger charge is 2.41. The highest BCUT2D eigenvalue weighted by atomic mass is 79.9. The molecule has 7 nitrogen and oxygen atoms in total. The van der Waals surface area contributed by atoms with Gasteiger partial charge in [0.1, 0.15) is 6.04 Å². The molecule has 1 aromatic rings. The fourth-order valence-corrected chi connectivity index (χ4v) is 3.61. The first-order valence-corrected chi connectivity index (χ1v) is 8.47. The van der Waals surface area contributed by atoms with Crippen LogP contribution < -0.4 is 9.47 Å². The molecule has 2 amide bonds. The first-order valence-electron chi connectivity index (χ1n) is 6.86. The van der Waals surface area contributed by atoms with E-state index < -0.39 is 23.2 Å². The number of hydrogen-bond donors (Lipinski definition) is 0. The molecular weight excluding hydrogens is 402 g/mol. The quantitative estimate of drug-likeness (QED) is 0.556. The Kier molecular flexibility index (Phi) is 4.55. The first kappa shape index (κ1) is 16.8. The van der Waals surface area contributed by atoms with E-state index in [9.17, 15) is 14.4 Å². The van der Waals surface area contributed by atoms with Crippen molar-refractivity contribution < 1.29 is 28.6 Å². The normalized spacial score (nSPS) is 19.1. The summed E-state index contributed by atoms with van der Waals surface area (Å²) in [7, 11) is 1.21. The maximum Gasteiger partial charge on any atom is 0.328 e. The summed E-state index contributed by atoms with van der Waals surface area (Å²) in [4.78, 5) is 37.3. The molecule has 2 aliphatic rings. The zero-order valence-electron chi connectivity index (χ0n) is 12.7. The van der Waals surface area contributed by atoms with Gasteiger partial charge < -0.3 is 14.2 Å². The third-order valence-corrected chi connectivity index (χ3v) is 5.10. The maximum absolute atomic E-state index is 12.5. The molecule has 9 heteroatoms. The molecule has 0 aliphatic carbocycles. The lowest BCUT2D eigenvalue weighted by Crippen LogP contribution is -2.42. The summed E-state index contributed by atoms with van der Waals surface area (Å²) in [5.41, 5.74) is 0.662. The van der Waals surface area contributed by atoms with Crippen molar-refractivity contribution in [2.75, 3.05) is 13.9 Å². The van der Waals surface area contributed by atoms with Gasteiger partial charge in [0, 0.05) is 4.47 Å². The van der Waals surface area contributed by atoms with Crippen LogP contribution in [0, 0.1) is 0 Å². The number of methoxy groups -OCH3 is 1. The molecule has 1 saturated heterocycles. The van der Waals surface area contributed by atoms with Crippen molar-refractivity contribution in [2.45, 2.75) is 13.0 Å². The van der Waals surface area contributed by atoms with E-state index in [1.54, 1.807) is 18.2 Å². The van der Waals surface area contributed by atoms with Crippen molar-refractivity contribution in [1.29, 1.82) is 0 Å². The van der Waals surface area contributed by atoms with Crippen LogP contribution in [-0.4, -0.2) is 42.0 Å². The predicted octanol–water partition coefficient (Wildman–Crippen LogP) is 2.78. The van der Waals surface area contributed by atoms with Gasteiger partial charge in [0.25, 0.3) is 11.1 Å². The monoisotopic (exact) mass is 413 g/mol. The van der Waals surface area contributed by atoms with E-state index in [0.717, 1.165) is 16.7 Å². The molecule has 1 fully saturated rings. The second-order valence-electron chi connectivity index (χ2n) is 4.98. The summed E-state index contributed by atoms with van der Waals surface area (Å²) in [6.45, 7) is 1.58. The number of halogens is 1. The average molecular weight is 414 g/mol. The van der Waals surface area contributed by atoms with Crippen molar-refractivity contribution in [3.8, 4) is 11.5 Å². The maximum atomic E-state index is 12.5. The predicted molar refractivity (Wildman–Crippen MR) is 89.6 cm³/mol. The molecule has 126 valence electrons. The van der Waals surface area contributed by atoms with Crippen LogP contribution in [0.25, 0.3) is 6.08 Å². The SMILES string of the molecule is COC(=O)C(C)N1C(=O)S/C(=C\c2cc3c(cc2Br)OCO3)C1=O. The van der Waals surface area contributed by atoms with Gasteiger partial charge in [0.2, 0.25) is 6.79 Å². The molecule has 2 aliphatic heterocycles. The smallest absolute Gasteiger partial charge is 0.328 e. The van der Waals surface area contributed by atoms with Gasteiger partial charge >= 0.3 is 5.97 Å². The van der Waals surface area contributed by atoms with E-state index in [1.165, 1.54) is 14.0 Å². The van der Waals surface area contributed by atoms with Gasteiger partial charge in [-0.3, -0.25) is 14.5 Å². The van der Waals surface area contributed by atoms with Crippen LogP contribution in [0.4, 0.5) is 4.79 Å². The van der Waals surface area contributed by atoms with Crippen LogP contribution in [0.5, 0.6) is 11.5 Å². The van der Waals surface area contributed by atoms with Gasteiger partial charge in [0.15, 0.2) is 11.5 Å². The Morgan fingerprint density at radius 2 is 2.04 bits per heavy atom. The first-order chi connectivity index (χ1) is 11.4. The van der Waals surface area contributed by atoms with Crippen LogP contribution in [0.2, 0.25) is 0 Å². The molecule has 0 N–H and O–H groups in total. The van der Waals surface area contributed by atoms with Gasteiger partial charge in [-0.25, -0.2) is 4.79 Å². The molecule has 3 rings (SSSR count). The van der Waals surface area contributed by atoms with Gasteiger partial charge in [-0.2, -0.15) is 0 Å². The topological polar surface area (TPSA) is 82.1 Å². The second kappa shape index (κ2) is 6.48. The molecular formula is C15H12BrNO6S. The van der Waals surface area contributed by atoms with Crippen LogP contribution in [0.15, 0.2) is 21.5 Å². The number of imide groups is 1. The summed E-state index contributed by atoms with van der Waals surface area (Å²) in [6, 6.07) is 2.47. The fourth-order valence-electron chi connectivity index (χ4n) is 2.27. The Balaban J connectivity index is 1.91. The average Bonchev–Trinajstić information content (AvgIpc) is 3.10. The highest BCUT2D eigenvalue weighted by molar-refractivity contribution is 9.10. The Labute approximate surface area is 150 Å². The largest absolute Gasteiger partial charge is 0.467 e. The van der Waals surface area contributed by atoms with E-state index in [2.05, 4.69) is 20.7 Å². The Hall–Kier alpha value is -2.00. The Bertz CT molecular complexity index is 777. The van der Waals surface area contributed by atoms with Gasteiger partial charge in [-0.05, 0) is 42.5 Å². The number of hydrogen-bond acceptors (Lipinski definition) is 7. The van der Waals surface area contributed by atoms with E-state index in [-0.39, 0.29) is 11.7 Å². The number of nitrogens with zero attached hydrogens (tertiary/aromatic N) is 1. The molecule has 1 aromatic carbocycles. The summed E-state index contributed by atoms with van der Waals surface area (Å²) >= 11 is 4.17. The molecule has 24 heavy (non-hydrogen) atoms. The van der Waals surface area contributed by atoms with E-state index in [4.69, 9.17) is 9.47 Å². The molecule has 0 radical (unpaired) electrons. The fraction of sp³-hybridized carbons (Fsp3) is 0.267. The minimum atomic E-state index is -0.978. The minimum Gasteiger partial charge on any atom is -0.467 e. The number of ether oxygens (including phenoxy) is 3. The minimum absolute atomic E-state index is 0.137. The van der Waals surface area contributed by atoms with Gasteiger partial charge in [0.05, 0.1) is 12.0 Å². The molecule has 1 atom stereocenters. The van der Waals surface area contributed by atoms with Crippen molar-refractivity contribution in [2.24, 2.45) is 0 Å². The van der Waals surface area contributed by atoms with Gasteiger partial charge in [-0.15, -0.1) is 0 Å². The summed E-state index contributed by atoms with van der Waals surface area (Å²) in [5.74, 6) is -0.0201. The third kappa shape index (κ3) is 2.89. The number of fused-ring (bicyclic) bond motifs is 1. The third-order valence-electron chi connectivity index (χ3n) is 3.53. The molecule has 0 saturated carbocycles. The number of carbonyl (C=O) groups excluding carboxylic acids is 3. The zero-order chi connectivity index (χ0) is 17.4. The second-order valence-corrected chi connectivity index (χ2v) is 6.83. The molecule has 0 bridgehead atoms. The van der Waals surface area contributed by atoms with Crippen molar-refractivity contribution in [3.63, 3.8) is 0 Å². The van der Waals surface area contributed by atoms with Crippen LogP contribution in [0.3, 0.4) is 0 Å². The van der Waals surface area contributed by atoms with E-state index in [1.807, 2.05) is 0 Å². The van der Waals surface area contributed by atoms with Crippen LogP contribution >= 0.6 is 27.7 Å². The Morgan fingerprint density at radius 3 is 2.71 bits per heavy atom. The van der Waals surface area contributed by atoms with Gasteiger partial charge in [-0.1, -0.05) is 15.9 Å². The highest BCUT2D eigenvalue weighted by Crippen LogP contribution is 2.40. The lowest BCUT2D eigenvalue weighted by Gasteiger charge is -2.18. The molecule has 1 unspecified atom stereocenters. The number of carbonyl (C=O) groups is 3. The van der Waals surface area contributed by atoms with Crippen LogP contribution in [0.1, 0.15) is 12.5 Å². The van der Waals surface area contributed by atoms with Crippen molar-refractivity contribution >= 4 is 50.9 Å². The van der Waals surface area contributed by atoms with Crippen LogP contribution in [-0.2, 0) is 14.3 Å². The van der Waals surface area contributed by atoms with Crippen molar-refractivity contribution in [1.82, 2.24) is 4.90 Å². The number of thioether (sulfide) groups is 1. The summed E-state index contributed by atoms with van der Waals surface area (Å²) in [5, 5.41) is -0.513. The lowest BCUT2D eigenvalue weighted by molar-refractivity contribution is -0.148. The Morgan fingerprint density at radius 1 is 1.38 bits per heavy atom. The zero-order valence-corrected chi connectivity index (χ0v) is 15.1. The number of amides is 2. The van der Waals surface area contributed by atoms with E-state index >= 15 is 0 Å². The molecule has 0 aromatic heterocycles. The van der Waals surface area contributed by atoms with E-state index in [0.29, 0.717) is 21.5 Å².